The molecular weight excluding hydrogens is 152 g/mol. The van der Waals surface area contributed by atoms with Gasteiger partial charge in [0.15, 0.2) is 0 Å². The average molecular weight is 168 g/mol. The molecule has 0 saturated heterocycles. The van der Waals surface area contributed by atoms with Crippen LogP contribution in [0.1, 0.15) is 18.0 Å². The van der Waals surface area contributed by atoms with Gasteiger partial charge in [0.25, 0.3) is 0 Å². The summed E-state index contributed by atoms with van der Waals surface area (Å²) >= 11 is 0. The van der Waals surface area contributed by atoms with Crippen molar-refractivity contribution in [2.75, 3.05) is 13.7 Å². The van der Waals surface area contributed by atoms with Gasteiger partial charge in [-0.05, 0) is 25.1 Å². The molecule has 0 aliphatic carbocycles. The molecule has 0 fully saturated rings. The second-order valence-electron chi connectivity index (χ2n) is 2.96. The molecule has 3 nitrogen and oxygen atoms in total. The van der Waals surface area contributed by atoms with Crippen molar-refractivity contribution in [2.45, 2.75) is 12.5 Å². The minimum atomic E-state index is 0.223. The first-order valence-electron chi connectivity index (χ1n) is 4.18. The van der Waals surface area contributed by atoms with E-state index in [-0.39, 0.29) is 12.6 Å². The first-order chi connectivity index (χ1) is 5.77. The molecule has 3 heteroatoms. The quantitative estimate of drug-likeness (QED) is 0.693. The fourth-order valence-corrected chi connectivity index (χ4v) is 1.34. The zero-order valence-corrected chi connectivity index (χ0v) is 7.62. The third-order valence-electron chi connectivity index (χ3n) is 2.02. The van der Waals surface area contributed by atoms with E-state index in [1.165, 1.54) is 5.56 Å². The van der Waals surface area contributed by atoms with Crippen LogP contribution in [0.3, 0.4) is 0 Å². The van der Waals surface area contributed by atoms with Crippen molar-refractivity contribution >= 4 is 0 Å². The highest BCUT2D eigenvalue weighted by Gasteiger charge is 2.08. The molecule has 1 aromatic rings. The van der Waals surface area contributed by atoms with Crippen molar-refractivity contribution in [2.24, 2.45) is 7.05 Å². The van der Waals surface area contributed by atoms with Crippen molar-refractivity contribution in [3.63, 3.8) is 0 Å². The monoisotopic (exact) mass is 168 g/mol. The van der Waals surface area contributed by atoms with Crippen LogP contribution in [0, 0.1) is 0 Å². The van der Waals surface area contributed by atoms with E-state index < -0.39 is 0 Å². The van der Waals surface area contributed by atoms with E-state index in [0.717, 1.165) is 6.42 Å². The molecule has 0 radical (unpaired) electrons. The number of nitrogens with zero attached hydrogens (tertiary/aromatic N) is 1. The molecule has 0 aliphatic heterocycles. The standard InChI is InChI=1S/C9H16N2O/c1-10-9(4-6-12)8-3-5-11(2)7-8/h3,5,7,9-10,12H,4,6H2,1-2H3. The van der Waals surface area contributed by atoms with E-state index in [9.17, 15) is 0 Å². The molecule has 12 heavy (non-hydrogen) atoms. The van der Waals surface area contributed by atoms with Crippen molar-refractivity contribution in [3.8, 4) is 0 Å². The summed E-state index contributed by atoms with van der Waals surface area (Å²) in [5, 5.41) is 11.9. The minimum absolute atomic E-state index is 0.223. The highest BCUT2D eigenvalue weighted by Crippen LogP contribution is 2.15. The minimum Gasteiger partial charge on any atom is -0.396 e. The Kier molecular flexibility index (Phi) is 3.31. The number of nitrogens with one attached hydrogen (secondary N) is 1. The number of aliphatic hydroxyl groups excluding tert-OH is 1. The van der Waals surface area contributed by atoms with Crippen molar-refractivity contribution in [1.82, 2.24) is 9.88 Å². The van der Waals surface area contributed by atoms with Gasteiger partial charge in [-0.1, -0.05) is 0 Å². The maximum atomic E-state index is 8.79. The molecule has 0 aromatic carbocycles. The molecular formula is C9H16N2O. The summed E-state index contributed by atoms with van der Waals surface area (Å²) in [6, 6.07) is 2.34. The van der Waals surface area contributed by atoms with Gasteiger partial charge >= 0.3 is 0 Å². The Hall–Kier alpha value is -0.800. The first-order valence-corrected chi connectivity index (χ1v) is 4.18. The van der Waals surface area contributed by atoms with Gasteiger partial charge in [-0.25, -0.2) is 0 Å². The zero-order chi connectivity index (χ0) is 8.97. The van der Waals surface area contributed by atoms with Crippen LogP contribution in [0.2, 0.25) is 0 Å². The summed E-state index contributed by atoms with van der Waals surface area (Å²) in [5.41, 5.74) is 1.23. The average Bonchev–Trinajstić information content (AvgIpc) is 2.47. The second kappa shape index (κ2) is 4.28. The fraction of sp³-hybridized carbons (Fsp3) is 0.556. The Bertz CT molecular complexity index is 232. The van der Waals surface area contributed by atoms with Crippen LogP contribution in [0.5, 0.6) is 0 Å². The molecule has 1 unspecified atom stereocenters. The maximum Gasteiger partial charge on any atom is 0.0449 e. The Balaban J connectivity index is 2.66. The molecule has 0 spiro atoms. The summed E-state index contributed by atoms with van der Waals surface area (Å²) in [6.45, 7) is 0.223. The lowest BCUT2D eigenvalue weighted by atomic mass is 10.1. The summed E-state index contributed by atoms with van der Waals surface area (Å²) in [6.07, 6.45) is 4.84. The first kappa shape index (κ1) is 9.29. The fourth-order valence-electron chi connectivity index (χ4n) is 1.34. The van der Waals surface area contributed by atoms with Gasteiger partial charge in [0.2, 0.25) is 0 Å². The SMILES string of the molecule is CNC(CCO)c1ccn(C)c1. The van der Waals surface area contributed by atoms with Gasteiger partial charge in [-0.2, -0.15) is 0 Å². The summed E-state index contributed by atoms with van der Waals surface area (Å²) in [7, 11) is 3.91. The van der Waals surface area contributed by atoms with E-state index in [2.05, 4.69) is 17.6 Å². The molecule has 0 saturated carbocycles. The van der Waals surface area contributed by atoms with Crippen LogP contribution in [-0.2, 0) is 7.05 Å². The van der Waals surface area contributed by atoms with Crippen molar-refractivity contribution in [1.29, 1.82) is 0 Å². The molecule has 0 bridgehead atoms. The van der Waals surface area contributed by atoms with Gasteiger partial charge in [-0.3, -0.25) is 0 Å². The Morgan fingerprint density at radius 1 is 1.67 bits per heavy atom. The summed E-state index contributed by atoms with van der Waals surface area (Å²) < 4.78 is 2.01. The molecule has 2 N–H and O–H groups in total. The van der Waals surface area contributed by atoms with Gasteiger partial charge < -0.3 is 15.0 Å². The van der Waals surface area contributed by atoms with E-state index in [4.69, 9.17) is 5.11 Å². The summed E-state index contributed by atoms with van der Waals surface area (Å²) in [5.74, 6) is 0. The van der Waals surface area contributed by atoms with Crippen molar-refractivity contribution < 1.29 is 5.11 Å². The van der Waals surface area contributed by atoms with E-state index >= 15 is 0 Å². The Labute approximate surface area is 73.0 Å². The predicted octanol–water partition coefficient (Wildman–Crippen LogP) is 0.668. The second-order valence-corrected chi connectivity index (χ2v) is 2.96. The number of aromatic nitrogens is 1. The van der Waals surface area contributed by atoms with Crippen LogP contribution in [0.15, 0.2) is 18.5 Å². The largest absolute Gasteiger partial charge is 0.396 e. The topological polar surface area (TPSA) is 37.2 Å². The third-order valence-corrected chi connectivity index (χ3v) is 2.02. The lowest BCUT2D eigenvalue weighted by Crippen LogP contribution is -2.16. The van der Waals surface area contributed by atoms with Crippen LogP contribution in [0.4, 0.5) is 0 Å². The molecule has 0 aliphatic rings. The normalized spacial score (nSPS) is 13.2. The highest BCUT2D eigenvalue weighted by atomic mass is 16.3. The number of aliphatic hydroxyl groups is 1. The smallest absolute Gasteiger partial charge is 0.0449 e. The number of hydrogen-bond acceptors (Lipinski definition) is 2. The van der Waals surface area contributed by atoms with E-state index in [1.54, 1.807) is 0 Å². The molecule has 68 valence electrons. The maximum absolute atomic E-state index is 8.79. The van der Waals surface area contributed by atoms with Gasteiger partial charge in [0.05, 0.1) is 0 Å². The molecule has 1 rings (SSSR count). The van der Waals surface area contributed by atoms with E-state index in [0.29, 0.717) is 0 Å². The van der Waals surface area contributed by atoms with Crippen LogP contribution >= 0.6 is 0 Å². The lowest BCUT2D eigenvalue weighted by molar-refractivity contribution is 0.269. The Morgan fingerprint density at radius 2 is 2.42 bits per heavy atom. The summed E-state index contributed by atoms with van der Waals surface area (Å²) in [4.78, 5) is 0. The van der Waals surface area contributed by atoms with E-state index in [1.807, 2.05) is 24.9 Å². The third kappa shape index (κ3) is 2.09. The molecule has 0 amide bonds. The van der Waals surface area contributed by atoms with Gasteiger partial charge in [0.1, 0.15) is 0 Å². The number of hydrogen-bond donors (Lipinski definition) is 2. The zero-order valence-electron chi connectivity index (χ0n) is 7.62. The lowest BCUT2D eigenvalue weighted by Gasteiger charge is -2.12. The predicted molar refractivity (Wildman–Crippen MR) is 48.9 cm³/mol. The van der Waals surface area contributed by atoms with Crippen LogP contribution < -0.4 is 5.32 Å². The number of rotatable bonds is 4. The highest BCUT2D eigenvalue weighted by molar-refractivity contribution is 5.14. The van der Waals surface area contributed by atoms with Gasteiger partial charge in [-0.15, -0.1) is 0 Å². The molecule has 1 atom stereocenters. The van der Waals surface area contributed by atoms with Gasteiger partial charge in [0, 0.05) is 32.1 Å². The number of aryl methyl sites for hydroxylation is 1. The molecule has 1 aromatic heterocycles. The Morgan fingerprint density at radius 3 is 2.83 bits per heavy atom. The van der Waals surface area contributed by atoms with Crippen LogP contribution in [0.25, 0.3) is 0 Å². The van der Waals surface area contributed by atoms with Crippen molar-refractivity contribution in [3.05, 3.63) is 24.0 Å². The molecule has 1 heterocycles. The van der Waals surface area contributed by atoms with Crippen LogP contribution in [-0.4, -0.2) is 23.3 Å².